The van der Waals surface area contributed by atoms with Crippen LogP contribution in [0, 0.1) is 25.2 Å². The van der Waals surface area contributed by atoms with Crippen LogP contribution in [-0.4, -0.2) is 41.0 Å². The second-order valence-corrected chi connectivity index (χ2v) is 11.9. The molecule has 0 aliphatic rings. The molecule has 7 heteroatoms. The van der Waals surface area contributed by atoms with Crippen LogP contribution < -0.4 is 10.6 Å². The fourth-order valence-electron chi connectivity index (χ4n) is 4.65. The predicted octanol–water partition coefficient (Wildman–Crippen LogP) is 7.00. The topological polar surface area (TPSA) is 87.7 Å². The van der Waals surface area contributed by atoms with Crippen LogP contribution in [0.3, 0.4) is 0 Å². The van der Waals surface area contributed by atoms with Crippen molar-refractivity contribution in [2.24, 2.45) is 5.92 Å². The molecule has 2 aromatic rings. The minimum Gasteiger partial charge on any atom is -0.444 e. The van der Waals surface area contributed by atoms with Gasteiger partial charge in [-0.1, -0.05) is 82.4 Å². The first-order valence-electron chi connectivity index (χ1n) is 14.6. The second-order valence-electron chi connectivity index (χ2n) is 11.9. The number of nitrogens with one attached hydrogen (secondary N) is 2. The van der Waals surface area contributed by atoms with Crippen molar-refractivity contribution in [3.8, 4) is 12.3 Å². The summed E-state index contributed by atoms with van der Waals surface area (Å²) in [5.41, 5.74) is 1.92. The average Bonchev–Trinajstić information content (AvgIpc) is 2.89. The highest BCUT2D eigenvalue weighted by Gasteiger charge is 2.37. The molecule has 2 aromatic carbocycles. The number of ether oxygens (including phenoxy) is 1. The lowest BCUT2D eigenvalue weighted by Gasteiger charge is -2.35. The molecule has 0 spiro atoms. The van der Waals surface area contributed by atoms with E-state index in [4.69, 9.17) is 11.2 Å². The number of carbonyl (C=O) groups is 3. The molecule has 0 bridgehead atoms. The summed E-state index contributed by atoms with van der Waals surface area (Å²) in [5, 5.41) is 5.83. The lowest BCUT2D eigenvalue weighted by Crippen LogP contribution is -2.53. The maximum absolute atomic E-state index is 14.4. The molecular weight excluding hydrogens is 514 g/mol. The van der Waals surface area contributed by atoms with E-state index in [1.165, 1.54) is 0 Å². The van der Waals surface area contributed by atoms with Crippen LogP contribution in [0.5, 0.6) is 0 Å². The van der Waals surface area contributed by atoms with Gasteiger partial charge in [-0.05, 0) is 69.7 Å². The van der Waals surface area contributed by atoms with Gasteiger partial charge in [0.2, 0.25) is 5.91 Å². The largest absolute Gasteiger partial charge is 0.444 e. The third-order valence-corrected chi connectivity index (χ3v) is 6.61. The summed E-state index contributed by atoms with van der Waals surface area (Å²) in [4.78, 5) is 43.0. The van der Waals surface area contributed by atoms with E-state index in [0.29, 0.717) is 36.2 Å². The molecule has 2 unspecified atom stereocenters. The molecule has 2 atom stereocenters. The van der Waals surface area contributed by atoms with Gasteiger partial charge < -0.3 is 20.3 Å². The number of aryl methyl sites for hydroxylation is 1. The van der Waals surface area contributed by atoms with Crippen molar-refractivity contribution < 1.29 is 19.1 Å². The SMILES string of the molecule is C#Cc1ccccc1C(C(=O)Nc1ccccc1C)N(CCCCCC)C(=O)C(CC(C)C)NC(=O)OC(C)(C)C. The van der Waals surface area contributed by atoms with Gasteiger partial charge >= 0.3 is 6.09 Å². The molecule has 0 heterocycles. The lowest BCUT2D eigenvalue weighted by atomic mass is 9.95. The van der Waals surface area contributed by atoms with Crippen LogP contribution in [0.15, 0.2) is 48.5 Å². The van der Waals surface area contributed by atoms with Crippen LogP contribution >= 0.6 is 0 Å². The monoisotopic (exact) mass is 561 g/mol. The number of nitrogens with zero attached hydrogens (tertiary/aromatic N) is 1. The second kappa shape index (κ2) is 15.9. The average molecular weight is 562 g/mol. The number of amides is 3. The van der Waals surface area contributed by atoms with E-state index in [-0.39, 0.29) is 17.7 Å². The number of hydrogen-bond donors (Lipinski definition) is 2. The fourth-order valence-corrected chi connectivity index (χ4v) is 4.65. The zero-order chi connectivity index (χ0) is 30.6. The van der Waals surface area contributed by atoms with Crippen LogP contribution in [0.1, 0.15) is 96.4 Å². The molecule has 2 rings (SSSR count). The Morgan fingerprint density at radius 1 is 1.00 bits per heavy atom. The van der Waals surface area contributed by atoms with Gasteiger partial charge in [0.05, 0.1) is 0 Å². The number of carbonyl (C=O) groups excluding carboxylic acids is 3. The molecule has 0 aliphatic carbocycles. The van der Waals surface area contributed by atoms with E-state index in [1.54, 1.807) is 37.8 Å². The first kappa shape index (κ1) is 33.4. The highest BCUT2D eigenvalue weighted by Crippen LogP contribution is 2.29. The van der Waals surface area contributed by atoms with Gasteiger partial charge in [-0.25, -0.2) is 4.79 Å². The van der Waals surface area contributed by atoms with Gasteiger partial charge in [0.1, 0.15) is 17.7 Å². The first-order valence-corrected chi connectivity index (χ1v) is 14.6. The molecule has 0 saturated carbocycles. The van der Waals surface area contributed by atoms with Gasteiger partial charge in [-0.2, -0.15) is 0 Å². The predicted molar refractivity (Wildman–Crippen MR) is 165 cm³/mol. The van der Waals surface area contributed by atoms with Gasteiger partial charge in [0.15, 0.2) is 0 Å². The number of alkyl carbamates (subject to hydrolysis) is 1. The Labute approximate surface area is 246 Å². The van der Waals surface area contributed by atoms with Crippen LogP contribution in [0.25, 0.3) is 0 Å². The van der Waals surface area contributed by atoms with Crippen LogP contribution in [-0.2, 0) is 14.3 Å². The Morgan fingerprint density at radius 3 is 2.27 bits per heavy atom. The van der Waals surface area contributed by atoms with Crippen molar-refractivity contribution in [2.75, 3.05) is 11.9 Å². The number of hydrogen-bond acceptors (Lipinski definition) is 4. The molecule has 222 valence electrons. The molecule has 3 amide bonds. The maximum atomic E-state index is 14.4. The summed E-state index contributed by atoms with van der Waals surface area (Å²) in [6.07, 6.45) is 9.22. The normalized spacial score (nSPS) is 12.7. The van der Waals surface area contributed by atoms with Crippen molar-refractivity contribution in [2.45, 2.75) is 98.3 Å². The van der Waals surface area contributed by atoms with Crippen LogP contribution in [0.4, 0.5) is 10.5 Å². The number of anilines is 1. The first-order chi connectivity index (χ1) is 19.4. The van der Waals surface area contributed by atoms with Gasteiger partial charge in [-0.15, -0.1) is 6.42 Å². The Kier molecular flexibility index (Phi) is 12.9. The number of terminal acetylenes is 1. The molecule has 0 saturated heterocycles. The summed E-state index contributed by atoms with van der Waals surface area (Å²) >= 11 is 0. The van der Waals surface area contributed by atoms with Gasteiger partial charge in [0, 0.05) is 17.8 Å². The lowest BCUT2D eigenvalue weighted by molar-refractivity contribution is -0.141. The van der Waals surface area contributed by atoms with E-state index >= 15 is 0 Å². The number of unbranched alkanes of at least 4 members (excludes halogenated alkanes) is 3. The maximum Gasteiger partial charge on any atom is 0.408 e. The van der Waals surface area contributed by atoms with E-state index < -0.39 is 23.8 Å². The molecule has 2 N–H and O–H groups in total. The minimum absolute atomic E-state index is 0.0954. The van der Waals surface area contributed by atoms with Crippen molar-refractivity contribution in [3.63, 3.8) is 0 Å². The Balaban J connectivity index is 2.61. The molecule has 0 radical (unpaired) electrons. The van der Waals surface area contributed by atoms with Crippen molar-refractivity contribution in [3.05, 3.63) is 65.2 Å². The number of para-hydroxylation sites is 1. The van der Waals surface area contributed by atoms with E-state index in [2.05, 4.69) is 23.5 Å². The van der Waals surface area contributed by atoms with Crippen molar-refractivity contribution in [1.82, 2.24) is 10.2 Å². The fraction of sp³-hybridized carbons (Fsp3) is 0.500. The third-order valence-electron chi connectivity index (χ3n) is 6.61. The Hall–Kier alpha value is -3.79. The quantitative estimate of drug-likeness (QED) is 0.204. The van der Waals surface area contributed by atoms with E-state index in [9.17, 15) is 14.4 Å². The summed E-state index contributed by atoms with van der Waals surface area (Å²) in [7, 11) is 0. The smallest absolute Gasteiger partial charge is 0.408 e. The van der Waals surface area contributed by atoms with Gasteiger partial charge in [0.25, 0.3) is 5.91 Å². The highest BCUT2D eigenvalue weighted by molar-refractivity contribution is 5.99. The summed E-state index contributed by atoms with van der Waals surface area (Å²) < 4.78 is 5.49. The molecule has 41 heavy (non-hydrogen) atoms. The molecular formula is C34H47N3O4. The molecule has 7 nitrogen and oxygen atoms in total. The summed E-state index contributed by atoms with van der Waals surface area (Å²) in [6.45, 7) is 13.6. The molecule has 0 aliphatic heterocycles. The Bertz CT molecular complexity index is 1210. The standard InChI is InChI=1S/C34H47N3O4/c1-9-11-12-17-22-37(32(39)29(23-24(3)4)36-33(40)41-34(6,7)8)30(27-20-15-14-19-26(27)10-2)31(38)35-28-21-16-13-18-25(28)5/h2,13-16,18-21,24,29-30H,9,11-12,17,22-23H2,1,3-8H3,(H,35,38)(H,36,40). The van der Waals surface area contributed by atoms with E-state index in [0.717, 1.165) is 24.8 Å². The zero-order valence-corrected chi connectivity index (χ0v) is 25.8. The third kappa shape index (κ3) is 10.6. The summed E-state index contributed by atoms with van der Waals surface area (Å²) in [5.74, 6) is 2.07. The van der Waals surface area contributed by atoms with Crippen molar-refractivity contribution >= 4 is 23.6 Å². The van der Waals surface area contributed by atoms with Gasteiger partial charge in [-0.3, -0.25) is 9.59 Å². The highest BCUT2D eigenvalue weighted by atomic mass is 16.6. The minimum atomic E-state index is -1.01. The molecule has 0 fully saturated rings. The summed E-state index contributed by atoms with van der Waals surface area (Å²) in [6, 6.07) is 12.8. The number of benzene rings is 2. The van der Waals surface area contributed by atoms with Crippen LogP contribution in [0.2, 0.25) is 0 Å². The Morgan fingerprint density at radius 2 is 1.66 bits per heavy atom. The number of rotatable bonds is 13. The van der Waals surface area contributed by atoms with E-state index in [1.807, 2.05) is 57.2 Å². The molecule has 0 aromatic heterocycles. The zero-order valence-electron chi connectivity index (χ0n) is 25.8. The van der Waals surface area contributed by atoms with Crippen molar-refractivity contribution in [1.29, 1.82) is 0 Å².